The molecule has 1 amide bonds. The highest BCUT2D eigenvalue weighted by molar-refractivity contribution is 5.83. The van der Waals surface area contributed by atoms with Crippen LogP contribution in [0.5, 0.6) is 0 Å². The van der Waals surface area contributed by atoms with E-state index in [1.54, 1.807) is 6.92 Å². The molecule has 2 unspecified atom stereocenters. The van der Waals surface area contributed by atoms with E-state index >= 15 is 0 Å². The Hall–Kier alpha value is -1.10. The summed E-state index contributed by atoms with van der Waals surface area (Å²) in [5.41, 5.74) is 5.70. The molecule has 0 aromatic heterocycles. The molecule has 0 rings (SSSR count). The first-order valence-corrected chi connectivity index (χ1v) is 5.16. The monoisotopic (exact) mass is 216 g/mol. The minimum Gasteiger partial charge on any atom is -0.480 e. The topological polar surface area (TPSA) is 92.4 Å². The smallest absolute Gasteiger partial charge is 0.326 e. The van der Waals surface area contributed by atoms with Crippen LogP contribution in [0, 0.1) is 5.92 Å². The van der Waals surface area contributed by atoms with Crippen LogP contribution in [0.3, 0.4) is 0 Å². The number of amides is 1. The van der Waals surface area contributed by atoms with Gasteiger partial charge in [-0.1, -0.05) is 20.8 Å². The van der Waals surface area contributed by atoms with Crippen molar-refractivity contribution in [3.63, 3.8) is 0 Å². The number of rotatable bonds is 6. The maximum atomic E-state index is 11.4. The lowest BCUT2D eigenvalue weighted by molar-refractivity contribution is -0.142. The van der Waals surface area contributed by atoms with E-state index in [-0.39, 0.29) is 24.3 Å². The fourth-order valence-corrected chi connectivity index (χ4v) is 1.04. The van der Waals surface area contributed by atoms with Crippen LogP contribution in [-0.2, 0) is 9.59 Å². The first-order valence-electron chi connectivity index (χ1n) is 5.16. The number of carbonyl (C=O) groups is 2. The Morgan fingerprint density at radius 2 is 1.93 bits per heavy atom. The molecule has 0 aliphatic rings. The molecule has 0 aromatic rings. The second kappa shape index (κ2) is 6.40. The van der Waals surface area contributed by atoms with Crippen molar-refractivity contribution in [3.8, 4) is 0 Å². The van der Waals surface area contributed by atoms with Crippen LogP contribution < -0.4 is 11.1 Å². The summed E-state index contributed by atoms with van der Waals surface area (Å²) < 4.78 is 0. The van der Waals surface area contributed by atoms with Crippen molar-refractivity contribution in [1.82, 2.24) is 5.32 Å². The summed E-state index contributed by atoms with van der Waals surface area (Å²) in [5.74, 6) is -1.10. The fraction of sp³-hybridized carbons (Fsp3) is 0.800. The van der Waals surface area contributed by atoms with E-state index < -0.39 is 12.0 Å². The van der Waals surface area contributed by atoms with E-state index in [9.17, 15) is 9.59 Å². The lowest BCUT2D eigenvalue weighted by Crippen LogP contribution is -2.43. The number of aliphatic carboxylic acids is 1. The quantitative estimate of drug-likeness (QED) is 0.597. The number of nitrogens with two attached hydrogens (primary N) is 1. The van der Waals surface area contributed by atoms with Gasteiger partial charge in [0.15, 0.2) is 0 Å². The highest BCUT2D eigenvalue weighted by Crippen LogP contribution is 2.03. The van der Waals surface area contributed by atoms with Crippen LogP contribution in [0.25, 0.3) is 0 Å². The molecule has 5 heteroatoms. The van der Waals surface area contributed by atoms with Gasteiger partial charge in [-0.15, -0.1) is 0 Å². The first kappa shape index (κ1) is 13.9. The van der Waals surface area contributed by atoms with Gasteiger partial charge in [-0.3, -0.25) is 4.79 Å². The SMILES string of the molecule is CCC(NC(=O)CC(N)C(C)C)C(=O)O. The normalized spacial score (nSPS) is 14.7. The molecular formula is C10H20N2O3. The first-order chi connectivity index (χ1) is 6.88. The van der Waals surface area contributed by atoms with Crippen molar-refractivity contribution in [2.45, 2.75) is 45.7 Å². The molecule has 2 atom stereocenters. The van der Waals surface area contributed by atoms with Crippen LogP contribution in [0.15, 0.2) is 0 Å². The maximum absolute atomic E-state index is 11.4. The van der Waals surface area contributed by atoms with Gasteiger partial charge < -0.3 is 16.2 Å². The molecule has 5 nitrogen and oxygen atoms in total. The maximum Gasteiger partial charge on any atom is 0.326 e. The second-order valence-electron chi connectivity index (χ2n) is 3.98. The zero-order valence-electron chi connectivity index (χ0n) is 9.49. The van der Waals surface area contributed by atoms with E-state index in [1.807, 2.05) is 13.8 Å². The summed E-state index contributed by atoms with van der Waals surface area (Å²) in [7, 11) is 0. The summed E-state index contributed by atoms with van der Waals surface area (Å²) >= 11 is 0. The molecule has 15 heavy (non-hydrogen) atoms. The molecule has 0 bridgehead atoms. The highest BCUT2D eigenvalue weighted by atomic mass is 16.4. The van der Waals surface area contributed by atoms with Gasteiger partial charge in [-0.2, -0.15) is 0 Å². The van der Waals surface area contributed by atoms with Crippen molar-refractivity contribution in [2.75, 3.05) is 0 Å². The van der Waals surface area contributed by atoms with Crippen molar-refractivity contribution in [3.05, 3.63) is 0 Å². The Morgan fingerprint density at radius 1 is 1.40 bits per heavy atom. The van der Waals surface area contributed by atoms with Gasteiger partial charge in [0.05, 0.1) is 0 Å². The molecule has 0 saturated carbocycles. The Labute approximate surface area is 90.0 Å². The molecule has 0 aromatic carbocycles. The zero-order valence-corrected chi connectivity index (χ0v) is 9.49. The summed E-state index contributed by atoms with van der Waals surface area (Å²) in [4.78, 5) is 22.0. The van der Waals surface area contributed by atoms with E-state index in [2.05, 4.69) is 5.32 Å². The Balaban J connectivity index is 4.07. The molecule has 0 aliphatic carbocycles. The third-order valence-electron chi connectivity index (χ3n) is 2.32. The Bertz CT molecular complexity index is 229. The van der Waals surface area contributed by atoms with E-state index in [1.165, 1.54) is 0 Å². The van der Waals surface area contributed by atoms with Crippen molar-refractivity contribution in [1.29, 1.82) is 0 Å². The largest absolute Gasteiger partial charge is 0.480 e. The molecule has 0 spiro atoms. The van der Waals surface area contributed by atoms with Crippen molar-refractivity contribution in [2.24, 2.45) is 11.7 Å². The van der Waals surface area contributed by atoms with Crippen molar-refractivity contribution >= 4 is 11.9 Å². The zero-order chi connectivity index (χ0) is 12.0. The molecule has 0 fully saturated rings. The van der Waals surface area contributed by atoms with E-state index in [0.717, 1.165) is 0 Å². The van der Waals surface area contributed by atoms with Crippen LogP contribution in [0.2, 0.25) is 0 Å². The van der Waals surface area contributed by atoms with Gasteiger partial charge in [0.2, 0.25) is 5.91 Å². The summed E-state index contributed by atoms with van der Waals surface area (Å²) in [5, 5.41) is 11.2. The van der Waals surface area contributed by atoms with Gasteiger partial charge in [-0.05, 0) is 12.3 Å². The average molecular weight is 216 g/mol. The van der Waals surface area contributed by atoms with Crippen molar-refractivity contribution < 1.29 is 14.7 Å². The highest BCUT2D eigenvalue weighted by Gasteiger charge is 2.19. The van der Waals surface area contributed by atoms with Gasteiger partial charge in [-0.25, -0.2) is 4.79 Å². The number of nitrogens with one attached hydrogen (secondary N) is 1. The minimum absolute atomic E-state index is 0.168. The minimum atomic E-state index is -1.01. The standard InChI is InChI=1S/C10H20N2O3/c1-4-8(10(14)15)12-9(13)5-7(11)6(2)3/h6-8H,4-5,11H2,1-3H3,(H,12,13)(H,14,15). The van der Waals surface area contributed by atoms with Gasteiger partial charge >= 0.3 is 5.97 Å². The predicted molar refractivity (Wildman–Crippen MR) is 57.3 cm³/mol. The van der Waals surface area contributed by atoms with E-state index in [0.29, 0.717) is 6.42 Å². The lowest BCUT2D eigenvalue weighted by Gasteiger charge is -2.17. The predicted octanol–water partition coefficient (Wildman–Crippen LogP) is 0.339. The third-order valence-corrected chi connectivity index (χ3v) is 2.32. The number of carboxylic acids is 1. The number of carboxylic acid groups (broad SMARTS) is 1. The van der Waals surface area contributed by atoms with Crippen LogP contribution in [0.1, 0.15) is 33.6 Å². The molecular weight excluding hydrogens is 196 g/mol. The lowest BCUT2D eigenvalue weighted by atomic mass is 10.0. The number of hydrogen-bond donors (Lipinski definition) is 3. The molecule has 4 N–H and O–H groups in total. The molecule has 0 saturated heterocycles. The van der Waals surface area contributed by atoms with E-state index in [4.69, 9.17) is 10.8 Å². The summed E-state index contributed by atoms with van der Waals surface area (Å²) in [6.45, 7) is 5.56. The average Bonchev–Trinajstić information content (AvgIpc) is 2.13. The van der Waals surface area contributed by atoms with Gasteiger partial charge in [0.25, 0.3) is 0 Å². The second-order valence-corrected chi connectivity index (χ2v) is 3.98. The fourth-order valence-electron chi connectivity index (χ4n) is 1.04. The number of carbonyl (C=O) groups excluding carboxylic acids is 1. The third kappa shape index (κ3) is 5.37. The molecule has 88 valence electrons. The van der Waals surface area contributed by atoms with Crippen LogP contribution in [0.4, 0.5) is 0 Å². The summed E-state index contributed by atoms with van der Waals surface area (Å²) in [6.07, 6.45) is 0.541. The van der Waals surface area contributed by atoms with Crippen LogP contribution >= 0.6 is 0 Å². The van der Waals surface area contributed by atoms with Gasteiger partial charge in [0.1, 0.15) is 6.04 Å². The Morgan fingerprint density at radius 3 is 2.27 bits per heavy atom. The number of hydrogen-bond acceptors (Lipinski definition) is 3. The van der Waals surface area contributed by atoms with Crippen LogP contribution in [-0.4, -0.2) is 29.1 Å². The molecule has 0 aliphatic heterocycles. The Kier molecular flexibility index (Phi) is 5.93. The van der Waals surface area contributed by atoms with Gasteiger partial charge in [0, 0.05) is 12.5 Å². The molecule has 0 heterocycles. The molecule has 0 radical (unpaired) electrons. The summed E-state index contributed by atoms with van der Waals surface area (Å²) in [6, 6.07) is -1.03.